The van der Waals surface area contributed by atoms with Crippen LogP contribution in [0.1, 0.15) is 58.6 Å². The summed E-state index contributed by atoms with van der Waals surface area (Å²) in [6.45, 7) is 11.0. The van der Waals surface area contributed by atoms with Crippen LogP contribution in [0.4, 0.5) is 0 Å². The Bertz CT molecular complexity index is 820. The summed E-state index contributed by atoms with van der Waals surface area (Å²) in [5.74, 6) is 2.43. The maximum Gasteiger partial charge on any atom is 0.308 e. The van der Waals surface area contributed by atoms with E-state index in [4.69, 9.17) is 9.47 Å². The third-order valence-electron chi connectivity index (χ3n) is 6.83. The Hall–Kier alpha value is -2.29. The number of ether oxygens (including phenoxy) is 2. The first-order valence-electron chi connectivity index (χ1n) is 10.1. The molecule has 0 heterocycles. The molecule has 0 spiro atoms. The SMILES string of the molecule is COc1ccc(C2(c3ccc(OC(C)=O)cc3)CC(C)C(C)C(C)(C)C2)cc1. The molecule has 2 aromatic rings. The maximum atomic E-state index is 11.3. The Kier molecular flexibility index (Phi) is 5.56. The molecule has 0 N–H and O–H groups in total. The molecule has 28 heavy (non-hydrogen) atoms. The average molecular weight is 381 g/mol. The van der Waals surface area contributed by atoms with E-state index in [9.17, 15) is 4.79 Å². The van der Waals surface area contributed by atoms with Gasteiger partial charge >= 0.3 is 5.97 Å². The van der Waals surface area contributed by atoms with Crippen LogP contribution in [0.25, 0.3) is 0 Å². The van der Waals surface area contributed by atoms with E-state index in [0.717, 1.165) is 18.6 Å². The minimum Gasteiger partial charge on any atom is -0.497 e. The largest absolute Gasteiger partial charge is 0.497 e. The van der Waals surface area contributed by atoms with Crippen molar-refractivity contribution >= 4 is 5.97 Å². The van der Waals surface area contributed by atoms with Gasteiger partial charge in [-0.1, -0.05) is 52.0 Å². The first-order valence-corrected chi connectivity index (χ1v) is 10.1. The molecule has 1 fully saturated rings. The maximum absolute atomic E-state index is 11.3. The van der Waals surface area contributed by atoms with E-state index >= 15 is 0 Å². The molecule has 0 saturated heterocycles. The number of methoxy groups -OCH3 is 1. The molecule has 150 valence electrons. The Morgan fingerprint density at radius 1 is 0.929 bits per heavy atom. The summed E-state index contributed by atoms with van der Waals surface area (Å²) in [5, 5.41) is 0. The molecule has 0 radical (unpaired) electrons. The second-order valence-electron chi connectivity index (χ2n) is 9.06. The minimum absolute atomic E-state index is 0.0730. The van der Waals surface area contributed by atoms with Crippen LogP contribution in [0.5, 0.6) is 11.5 Å². The lowest BCUT2D eigenvalue weighted by molar-refractivity contribution is -0.131. The zero-order valence-corrected chi connectivity index (χ0v) is 17.9. The van der Waals surface area contributed by atoms with Gasteiger partial charge in [-0.15, -0.1) is 0 Å². The van der Waals surface area contributed by atoms with E-state index in [-0.39, 0.29) is 16.8 Å². The fourth-order valence-corrected chi connectivity index (χ4v) is 5.03. The number of hydrogen-bond acceptors (Lipinski definition) is 3. The van der Waals surface area contributed by atoms with Crippen LogP contribution >= 0.6 is 0 Å². The molecule has 3 heteroatoms. The summed E-state index contributed by atoms with van der Waals surface area (Å²) in [4.78, 5) is 11.3. The summed E-state index contributed by atoms with van der Waals surface area (Å²) < 4.78 is 10.6. The van der Waals surface area contributed by atoms with Gasteiger partial charge in [0, 0.05) is 12.3 Å². The Labute approximate surface area is 169 Å². The van der Waals surface area contributed by atoms with E-state index in [1.807, 2.05) is 12.1 Å². The summed E-state index contributed by atoms with van der Waals surface area (Å²) in [5.41, 5.74) is 2.74. The summed E-state index contributed by atoms with van der Waals surface area (Å²) >= 11 is 0. The first-order chi connectivity index (χ1) is 13.2. The van der Waals surface area contributed by atoms with Crippen LogP contribution in [-0.2, 0) is 10.2 Å². The van der Waals surface area contributed by atoms with Crippen LogP contribution < -0.4 is 9.47 Å². The third kappa shape index (κ3) is 3.80. The lowest BCUT2D eigenvalue weighted by Gasteiger charge is -2.52. The molecule has 0 aliphatic heterocycles. The molecule has 0 amide bonds. The second-order valence-corrected chi connectivity index (χ2v) is 9.06. The smallest absolute Gasteiger partial charge is 0.308 e. The average Bonchev–Trinajstić information content (AvgIpc) is 2.66. The molecule has 1 aliphatic carbocycles. The van der Waals surface area contributed by atoms with Crippen molar-refractivity contribution in [1.82, 2.24) is 0 Å². The number of esters is 1. The van der Waals surface area contributed by atoms with Crippen molar-refractivity contribution in [1.29, 1.82) is 0 Å². The first kappa shape index (κ1) is 20.4. The monoisotopic (exact) mass is 380 g/mol. The van der Waals surface area contributed by atoms with Gasteiger partial charge in [-0.2, -0.15) is 0 Å². The van der Waals surface area contributed by atoms with Crippen molar-refractivity contribution in [3.63, 3.8) is 0 Å². The van der Waals surface area contributed by atoms with E-state index in [2.05, 4.69) is 64.1 Å². The van der Waals surface area contributed by atoms with E-state index in [0.29, 0.717) is 17.6 Å². The molecule has 1 aliphatic rings. The topological polar surface area (TPSA) is 35.5 Å². The Morgan fingerprint density at radius 2 is 1.43 bits per heavy atom. The molecular formula is C25H32O3. The molecule has 3 unspecified atom stereocenters. The fourth-order valence-electron chi connectivity index (χ4n) is 5.03. The Morgan fingerprint density at radius 3 is 1.86 bits per heavy atom. The number of rotatable bonds is 4. The van der Waals surface area contributed by atoms with Gasteiger partial charge < -0.3 is 9.47 Å². The standard InChI is InChI=1S/C25H32O3/c1-17-15-25(16-24(4,5)18(17)2,20-7-11-22(27-6)12-8-20)21-9-13-23(14-10-21)28-19(3)26/h7-14,17-18H,15-16H2,1-6H3. The van der Waals surface area contributed by atoms with Crippen LogP contribution in [0.3, 0.4) is 0 Å². The van der Waals surface area contributed by atoms with E-state index < -0.39 is 0 Å². The molecule has 2 aromatic carbocycles. The minimum atomic E-state index is -0.293. The molecule has 1 saturated carbocycles. The Balaban J connectivity index is 2.10. The predicted octanol–water partition coefficient (Wildman–Crippen LogP) is 6.00. The lowest BCUT2D eigenvalue weighted by atomic mass is 9.52. The van der Waals surface area contributed by atoms with Crippen LogP contribution in [-0.4, -0.2) is 13.1 Å². The van der Waals surface area contributed by atoms with Crippen LogP contribution in [0, 0.1) is 17.3 Å². The van der Waals surface area contributed by atoms with E-state index in [1.54, 1.807) is 7.11 Å². The number of benzene rings is 2. The van der Waals surface area contributed by atoms with Crippen molar-refractivity contribution in [2.24, 2.45) is 17.3 Å². The molecule has 0 aromatic heterocycles. The van der Waals surface area contributed by atoms with Crippen LogP contribution in [0.15, 0.2) is 48.5 Å². The predicted molar refractivity (Wildman–Crippen MR) is 113 cm³/mol. The quantitative estimate of drug-likeness (QED) is 0.482. The molecule has 3 nitrogen and oxygen atoms in total. The van der Waals surface area contributed by atoms with Crippen molar-refractivity contribution in [2.75, 3.05) is 7.11 Å². The fraction of sp³-hybridized carbons (Fsp3) is 0.480. The van der Waals surface area contributed by atoms with Gasteiger partial charge in [-0.05, 0) is 65.5 Å². The van der Waals surface area contributed by atoms with Gasteiger partial charge in [0.25, 0.3) is 0 Å². The zero-order valence-electron chi connectivity index (χ0n) is 17.9. The molecule has 0 bridgehead atoms. The van der Waals surface area contributed by atoms with Crippen LogP contribution in [0.2, 0.25) is 0 Å². The van der Waals surface area contributed by atoms with Gasteiger partial charge in [0.1, 0.15) is 11.5 Å². The highest BCUT2D eigenvalue weighted by molar-refractivity contribution is 5.69. The van der Waals surface area contributed by atoms with Crippen molar-refractivity contribution in [3.8, 4) is 11.5 Å². The number of carbonyl (C=O) groups excluding carboxylic acids is 1. The van der Waals surface area contributed by atoms with Gasteiger partial charge in [0.05, 0.1) is 7.11 Å². The van der Waals surface area contributed by atoms with Gasteiger partial charge in [-0.3, -0.25) is 4.79 Å². The lowest BCUT2D eigenvalue weighted by Crippen LogP contribution is -2.45. The summed E-state index contributed by atoms with van der Waals surface area (Å²) in [7, 11) is 1.70. The summed E-state index contributed by atoms with van der Waals surface area (Å²) in [6, 6.07) is 16.6. The highest BCUT2D eigenvalue weighted by Gasteiger charge is 2.48. The van der Waals surface area contributed by atoms with Crippen molar-refractivity contribution in [3.05, 3.63) is 59.7 Å². The third-order valence-corrected chi connectivity index (χ3v) is 6.83. The zero-order chi connectivity index (χ0) is 20.5. The van der Waals surface area contributed by atoms with Gasteiger partial charge in [0.2, 0.25) is 0 Å². The second kappa shape index (κ2) is 7.62. The number of carbonyl (C=O) groups is 1. The van der Waals surface area contributed by atoms with Crippen molar-refractivity contribution < 1.29 is 14.3 Å². The molecule has 3 rings (SSSR count). The van der Waals surface area contributed by atoms with E-state index in [1.165, 1.54) is 18.1 Å². The van der Waals surface area contributed by atoms with Crippen molar-refractivity contribution in [2.45, 2.75) is 52.9 Å². The highest BCUT2D eigenvalue weighted by Crippen LogP contribution is 2.56. The molecular weight excluding hydrogens is 348 g/mol. The molecule has 3 atom stereocenters. The summed E-state index contributed by atoms with van der Waals surface area (Å²) in [6.07, 6.45) is 2.17. The normalized spacial score (nSPS) is 26.5. The highest BCUT2D eigenvalue weighted by atomic mass is 16.5. The number of hydrogen-bond donors (Lipinski definition) is 0. The van der Waals surface area contributed by atoms with Gasteiger partial charge in [-0.25, -0.2) is 0 Å². The van der Waals surface area contributed by atoms with Gasteiger partial charge in [0.15, 0.2) is 0 Å².